The van der Waals surface area contributed by atoms with Gasteiger partial charge in [-0.3, -0.25) is 9.71 Å². The van der Waals surface area contributed by atoms with E-state index in [0.717, 1.165) is 11.1 Å². The maximum absolute atomic E-state index is 12.5. The number of rotatable bonds is 3. The van der Waals surface area contributed by atoms with E-state index in [1.54, 1.807) is 31.3 Å². The summed E-state index contributed by atoms with van der Waals surface area (Å²) in [6.45, 7) is 5.44. The van der Waals surface area contributed by atoms with E-state index in [1.165, 1.54) is 6.20 Å². The second-order valence-corrected chi connectivity index (χ2v) is 6.40. The summed E-state index contributed by atoms with van der Waals surface area (Å²) >= 11 is 0. The number of nitrogens with zero attached hydrogens (tertiary/aromatic N) is 1. The molecule has 0 aliphatic rings. The van der Waals surface area contributed by atoms with Gasteiger partial charge in [0.25, 0.3) is 10.0 Å². The molecule has 0 amide bonds. The number of aryl methyl sites for hydroxylation is 2. The van der Waals surface area contributed by atoms with Gasteiger partial charge in [-0.15, -0.1) is 0 Å². The van der Waals surface area contributed by atoms with E-state index < -0.39 is 10.0 Å². The zero-order valence-corrected chi connectivity index (χ0v) is 12.5. The van der Waals surface area contributed by atoms with Crippen molar-refractivity contribution >= 4 is 21.4 Å². The summed E-state index contributed by atoms with van der Waals surface area (Å²) in [5.74, 6) is 0. The van der Waals surface area contributed by atoms with Gasteiger partial charge in [-0.25, -0.2) is 8.42 Å². The highest BCUT2D eigenvalue weighted by Gasteiger charge is 2.21. The summed E-state index contributed by atoms with van der Waals surface area (Å²) in [5.41, 5.74) is 8.89. The zero-order valence-electron chi connectivity index (χ0n) is 11.6. The summed E-state index contributed by atoms with van der Waals surface area (Å²) in [5, 5.41) is 0. The Balaban J connectivity index is 2.49. The van der Waals surface area contributed by atoms with Crippen LogP contribution in [0.2, 0.25) is 0 Å². The Morgan fingerprint density at radius 1 is 1.15 bits per heavy atom. The predicted octanol–water partition coefficient (Wildman–Crippen LogP) is 2.39. The Bertz CT molecular complexity index is 755. The lowest BCUT2D eigenvalue weighted by molar-refractivity contribution is 0.601. The van der Waals surface area contributed by atoms with Crippen LogP contribution in [0.5, 0.6) is 0 Å². The lowest BCUT2D eigenvalue weighted by atomic mass is 10.1. The lowest BCUT2D eigenvalue weighted by Gasteiger charge is -2.14. The van der Waals surface area contributed by atoms with E-state index in [4.69, 9.17) is 5.73 Å². The maximum atomic E-state index is 12.5. The number of hydrogen-bond acceptors (Lipinski definition) is 4. The Morgan fingerprint density at radius 2 is 1.85 bits per heavy atom. The van der Waals surface area contributed by atoms with Crippen molar-refractivity contribution in [3.05, 3.63) is 47.3 Å². The molecule has 2 aromatic rings. The topological polar surface area (TPSA) is 85.1 Å². The molecule has 0 aliphatic carbocycles. The molecule has 0 radical (unpaired) electrons. The minimum absolute atomic E-state index is 0.124. The molecule has 1 aromatic carbocycles. The normalized spacial score (nSPS) is 11.3. The highest BCUT2D eigenvalue weighted by molar-refractivity contribution is 7.93. The molecule has 0 saturated heterocycles. The van der Waals surface area contributed by atoms with Crippen molar-refractivity contribution in [1.29, 1.82) is 0 Å². The molecule has 3 N–H and O–H groups in total. The predicted molar refractivity (Wildman–Crippen MR) is 80.1 cm³/mol. The molecule has 0 fully saturated rings. The van der Waals surface area contributed by atoms with Gasteiger partial charge in [0.05, 0.1) is 17.6 Å². The third-order valence-electron chi connectivity index (χ3n) is 3.10. The summed E-state index contributed by atoms with van der Waals surface area (Å²) in [4.78, 5) is 4.09. The van der Waals surface area contributed by atoms with Crippen LogP contribution in [0.1, 0.15) is 16.7 Å². The van der Waals surface area contributed by atoms with E-state index in [2.05, 4.69) is 9.71 Å². The Morgan fingerprint density at radius 3 is 2.50 bits per heavy atom. The number of nitrogen functional groups attached to an aromatic ring is 1. The van der Waals surface area contributed by atoms with Crippen LogP contribution in [0, 0.1) is 20.8 Å². The van der Waals surface area contributed by atoms with Crippen molar-refractivity contribution in [3.8, 4) is 0 Å². The second-order valence-electron chi connectivity index (χ2n) is 4.78. The number of anilines is 2. The van der Waals surface area contributed by atoms with Gasteiger partial charge < -0.3 is 5.73 Å². The number of pyridine rings is 1. The van der Waals surface area contributed by atoms with Gasteiger partial charge in [-0.2, -0.15) is 0 Å². The molecule has 0 spiro atoms. The first-order chi connectivity index (χ1) is 9.31. The van der Waals surface area contributed by atoms with Crippen molar-refractivity contribution in [2.75, 3.05) is 10.5 Å². The van der Waals surface area contributed by atoms with Gasteiger partial charge in [0, 0.05) is 6.20 Å². The molecular formula is C14H17N3O2S. The van der Waals surface area contributed by atoms with Crippen LogP contribution in [-0.2, 0) is 10.0 Å². The summed E-state index contributed by atoms with van der Waals surface area (Å²) in [6.07, 6.45) is 3.12. The van der Waals surface area contributed by atoms with Gasteiger partial charge in [0.2, 0.25) is 0 Å². The summed E-state index contributed by atoms with van der Waals surface area (Å²) in [6, 6.07) is 5.12. The van der Waals surface area contributed by atoms with E-state index in [9.17, 15) is 8.42 Å². The van der Waals surface area contributed by atoms with E-state index in [1.807, 2.05) is 13.8 Å². The Labute approximate surface area is 118 Å². The number of aromatic nitrogens is 1. The van der Waals surface area contributed by atoms with Crippen molar-refractivity contribution in [1.82, 2.24) is 4.98 Å². The van der Waals surface area contributed by atoms with Crippen LogP contribution < -0.4 is 10.5 Å². The Kier molecular flexibility index (Phi) is 3.67. The smallest absolute Gasteiger partial charge is 0.264 e. The van der Waals surface area contributed by atoms with E-state index in [0.29, 0.717) is 11.3 Å². The molecule has 0 bridgehead atoms. The summed E-state index contributed by atoms with van der Waals surface area (Å²) in [7, 11) is -3.73. The number of sulfonamides is 1. The molecule has 0 unspecified atom stereocenters. The van der Waals surface area contributed by atoms with Crippen LogP contribution in [0.15, 0.2) is 35.5 Å². The van der Waals surface area contributed by atoms with Gasteiger partial charge in [-0.05, 0) is 49.6 Å². The molecule has 20 heavy (non-hydrogen) atoms. The fourth-order valence-corrected chi connectivity index (χ4v) is 3.45. The van der Waals surface area contributed by atoms with Gasteiger partial charge in [0.1, 0.15) is 4.90 Å². The third kappa shape index (κ3) is 2.75. The summed E-state index contributed by atoms with van der Waals surface area (Å²) < 4.78 is 27.5. The molecular weight excluding hydrogens is 274 g/mol. The first kappa shape index (κ1) is 14.3. The molecule has 1 heterocycles. The number of nitrogens with two attached hydrogens (primary N) is 1. The van der Waals surface area contributed by atoms with E-state index in [-0.39, 0.29) is 10.6 Å². The van der Waals surface area contributed by atoms with Crippen molar-refractivity contribution in [3.63, 3.8) is 0 Å². The number of benzene rings is 1. The molecule has 2 rings (SSSR count). The van der Waals surface area contributed by atoms with E-state index >= 15 is 0 Å². The molecule has 6 heteroatoms. The molecule has 0 saturated carbocycles. The molecule has 0 atom stereocenters. The van der Waals surface area contributed by atoms with Crippen molar-refractivity contribution in [2.24, 2.45) is 0 Å². The molecule has 1 aromatic heterocycles. The maximum Gasteiger partial charge on any atom is 0.264 e. The number of nitrogens with one attached hydrogen (secondary N) is 1. The van der Waals surface area contributed by atoms with Crippen molar-refractivity contribution in [2.45, 2.75) is 25.7 Å². The van der Waals surface area contributed by atoms with Crippen LogP contribution in [0.4, 0.5) is 11.4 Å². The largest absolute Gasteiger partial charge is 0.398 e. The minimum atomic E-state index is -3.73. The average molecular weight is 291 g/mol. The molecule has 0 aliphatic heterocycles. The molecule has 106 valence electrons. The van der Waals surface area contributed by atoms with Crippen LogP contribution in [0.25, 0.3) is 0 Å². The SMILES string of the molecule is Cc1cncc(NS(=O)(=O)c2c(N)ccc(C)c2C)c1. The van der Waals surface area contributed by atoms with Gasteiger partial charge >= 0.3 is 0 Å². The minimum Gasteiger partial charge on any atom is -0.398 e. The monoisotopic (exact) mass is 291 g/mol. The first-order valence-electron chi connectivity index (χ1n) is 6.11. The van der Waals surface area contributed by atoms with Crippen LogP contribution >= 0.6 is 0 Å². The van der Waals surface area contributed by atoms with Crippen LogP contribution in [0.3, 0.4) is 0 Å². The first-order valence-corrected chi connectivity index (χ1v) is 7.60. The third-order valence-corrected chi connectivity index (χ3v) is 4.69. The Hall–Kier alpha value is -2.08. The van der Waals surface area contributed by atoms with Crippen LogP contribution in [-0.4, -0.2) is 13.4 Å². The molecule has 5 nitrogen and oxygen atoms in total. The van der Waals surface area contributed by atoms with Crippen molar-refractivity contribution < 1.29 is 8.42 Å². The standard InChI is InChI=1S/C14H17N3O2S/c1-9-6-12(8-16-7-9)17-20(18,19)14-11(3)10(2)4-5-13(14)15/h4-8,17H,15H2,1-3H3. The van der Waals surface area contributed by atoms with Gasteiger partial charge in [0.15, 0.2) is 0 Å². The number of hydrogen-bond donors (Lipinski definition) is 2. The average Bonchev–Trinajstić information content (AvgIpc) is 2.33. The zero-order chi connectivity index (χ0) is 14.9. The quantitative estimate of drug-likeness (QED) is 0.850. The lowest BCUT2D eigenvalue weighted by Crippen LogP contribution is -2.17. The van der Waals surface area contributed by atoms with Gasteiger partial charge in [-0.1, -0.05) is 6.07 Å². The fourth-order valence-electron chi connectivity index (χ4n) is 1.98. The highest BCUT2D eigenvalue weighted by Crippen LogP contribution is 2.27. The fraction of sp³-hybridized carbons (Fsp3) is 0.214. The highest BCUT2D eigenvalue weighted by atomic mass is 32.2. The second kappa shape index (κ2) is 5.13.